The van der Waals surface area contributed by atoms with Crippen molar-refractivity contribution in [2.75, 3.05) is 19.0 Å². The molecule has 1 saturated carbocycles. The number of carbonyl (C=O) groups excluding carboxylic acids is 1. The van der Waals surface area contributed by atoms with Crippen LogP contribution in [-0.2, 0) is 4.79 Å². The lowest BCUT2D eigenvalue weighted by Gasteiger charge is -2.39. The van der Waals surface area contributed by atoms with Crippen LogP contribution >= 0.6 is 0 Å². The average molecular weight is 278 g/mol. The fraction of sp³-hybridized carbons (Fsp3) is 0.429. The molecule has 1 aliphatic rings. The second-order valence-electron chi connectivity index (χ2n) is 5.01. The zero-order valence-electron chi connectivity index (χ0n) is 11.3. The monoisotopic (exact) mass is 278 g/mol. The molecule has 0 unspecified atom stereocenters. The average Bonchev–Trinajstić information content (AvgIpc) is 2.38. The van der Waals surface area contributed by atoms with Crippen molar-refractivity contribution in [3.63, 3.8) is 0 Å². The van der Waals surface area contributed by atoms with Gasteiger partial charge < -0.3 is 20.9 Å². The van der Waals surface area contributed by atoms with Crippen molar-refractivity contribution in [1.82, 2.24) is 0 Å². The molecule has 2 rings (SSSR count). The molecule has 1 aliphatic carbocycles. The number of rotatable bonds is 5. The van der Waals surface area contributed by atoms with Crippen LogP contribution < -0.4 is 15.8 Å². The zero-order chi connectivity index (χ0) is 14.8. The normalized spacial score (nSPS) is 16.1. The maximum atomic E-state index is 12.3. The van der Waals surface area contributed by atoms with Crippen LogP contribution in [0.5, 0.6) is 5.75 Å². The predicted octanol–water partition coefficient (Wildman–Crippen LogP) is 1.46. The minimum absolute atomic E-state index is 0.00388. The zero-order valence-corrected chi connectivity index (χ0v) is 11.3. The molecule has 0 aliphatic heterocycles. The van der Waals surface area contributed by atoms with Crippen molar-refractivity contribution in [3.05, 3.63) is 23.8 Å². The first-order valence-corrected chi connectivity index (χ1v) is 6.45. The van der Waals surface area contributed by atoms with E-state index in [0.717, 1.165) is 19.3 Å². The molecule has 20 heavy (non-hydrogen) atoms. The Morgan fingerprint density at radius 2 is 2.15 bits per heavy atom. The number of ether oxygens (including phenoxy) is 1. The molecule has 1 aromatic carbocycles. The van der Waals surface area contributed by atoms with Gasteiger partial charge in [0, 0.05) is 6.54 Å². The van der Waals surface area contributed by atoms with Crippen LogP contribution in [0, 0.1) is 5.41 Å². The summed E-state index contributed by atoms with van der Waals surface area (Å²) in [7, 11) is 1.46. The molecule has 1 aromatic rings. The molecule has 6 nitrogen and oxygen atoms in total. The van der Waals surface area contributed by atoms with Crippen molar-refractivity contribution in [3.8, 4) is 5.75 Å². The van der Waals surface area contributed by atoms with Gasteiger partial charge in [-0.05, 0) is 31.0 Å². The van der Waals surface area contributed by atoms with E-state index in [2.05, 4.69) is 5.32 Å². The quantitative estimate of drug-likeness (QED) is 0.757. The molecular weight excluding hydrogens is 260 g/mol. The summed E-state index contributed by atoms with van der Waals surface area (Å²) in [6.07, 6.45) is 2.46. The van der Waals surface area contributed by atoms with E-state index in [1.807, 2.05) is 0 Å². The number of benzene rings is 1. The van der Waals surface area contributed by atoms with Crippen molar-refractivity contribution in [2.45, 2.75) is 19.3 Å². The van der Waals surface area contributed by atoms with Crippen LogP contribution in [0.15, 0.2) is 18.2 Å². The van der Waals surface area contributed by atoms with Gasteiger partial charge in [-0.3, -0.25) is 4.79 Å². The highest BCUT2D eigenvalue weighted by Gasteiger charge is 2.43. The highest BCUT2D eigenvalue weighted by atomic mass is 16.5. The van der Waals surface area contributed by atoms with Crippen LogP contribution in [0.4, 0.5) is 5.69 Å². The highest BCUT2D eigenvalue weighted by molar-refractivity contribution is 6.03. The van der Waals surface area contributed by atoms with Crippen LogP contribution in [0.2, 0.25) is 0 Å². The molecule has 4 N–H and O–H groups in total. The van der Waals surface area contributed by atoms with E-state index < -0.39 is 11.4 Å². The third kappa shape index (κ3) is 2.46. The van der Waals surface area contributed by atoms with Crippen LogP contribution in [0.3, 0.4) is 0 Å². The Balaban J connectivity index is 2.24. The number of carbonyl (C=O) groups is 2. The Kier molecular flexibility index (Phi) is 3.94. The largest absolute Gasteiger partial charge is 0.497 e. The fourth-order valence-electron chi connectivity index (χ4n) is 2.32. The number of methoxy groups -OCH3 is 1. The summed E-state index contributed by atoms with van der Waals surface area (Å²) in [6.45, 7) is 0.275. The van der Waals surface area contributed by atoms with Gasteiger partial charge in [0.15, 0.2) is 0 Å². The van der Waals surface area contributed by atoms with Crippen molar-refractivity contribution in [1.29, 1.82) is 0 Å². The molecule has 0 bridgehead atoms. The first-order chi connectivity index (χ1) is 9.52. The summed E-state index contributed by atoms with van der Waals surface area (Å²) in [6, 6.07) is 4.52. The molecule has 0 radical (unpaired) electrons. The van der Waals surface area contributed by atoms with Crippen molar-refractivity contribution in [2.24, 2.45) is 11.1 Å². The lowest BCUT2D eigenvalue weighted by atomic mass is 9.68. The highest BCUT2D eigenvalue weighted by Crippen LogP contribution is 2.41. The Morgan fingerprint density at radius 1 is 1.45 bits per heavy atom. The number of hydrogen-bond donors (Lipinski definition) is 3. The van der Waals surface area contributed by atoms with Crippen LogP contribution in [0.1, 0.15) is 29.6 Å². The van der Waals surface area contributed by atoms with Gasteiger partial charge >= 0.3 is 5.97 Å². The van der Waals surface area contributed by atoms with Gasteiger partial charge in [-0.1, -0.05) is 6.42 Å². The second-order valence-corrected chi connectivity index (χ2v) is 5.01. The van der Waals surface area contributed by atoms with Crippen molar-refractivity contribution >= 4 is 17.6 Å². The van der Waals surface area contributed by atoms with Crippen LogP contribution in [-0.4, -0.2) is 30.6 Å². The maximum absolute atomic E-state index is 12.3. The van der Waals surface area contributed by atoms with Gasteiger partial charge in [0.05, 0.1) is 23.8 Å². The number of hydrogen-bond acceptors (Lipinski definition) is 4. The fourth-order valence-corrected chi connectivity index (χ4v) is 2.32. The molecule has 0 atom stereocenters. The van der Waals surface area contributed by atoms with Gasteiger partial charge in [-0.15, -0.1) is 0 Å². The molecule has 108 valence electrons. The minimum atomic E-state index is -1.12. The standard InChI is InChI=1S/C14H18N2O4/c1-20-9-3-4-11(10(7-9)12(17)18)16-13(19)14(8-15)5-2-6-14/h3-4,7H,2,5-6,8,15H2,1H3,(H,16,19)(H,17,18). The Bertz CT molecular complexity index is 532. The number of amides is 1. The summed E-state index contributed by atoms with van der Waals surface area (Å²) < 4.78 is 4.99. The number of nitrogens with one attached hydrogen (secondary N) is 1. The second kappa shape index (κ2) is 5.50. The van der Waals surface area contributed by atoms with E-state index in [0.29, 0.717) is 5.75 Å². The lowest BCUT2D eigenvalue weighted by Crippen LogP contribution is -2.47. The number of nitrogens with two attached hydrogens (primary N) is 1. The van der Waals surface area contributed by atoms with E-state index in [1.165, 1.54) is 19.2 Å². The molecule has 0 aromatic heterocycles. The third-order valence-electron chi connectivity index (χ3n) is 3.89. The molecular formula is C14H18N2O4. The topological polar surface area (TPSA) is 102 Å². The predicted molar refractivity (Wildman–Crippen MR) is 73.9 cm³/mol. The SMILES string of the molecule is COc1ccc(NC(=O)C2(CN)CCC2)c(C(=O)O)c1. The maximum Gasteiger partial charge on any atom is 0.337 e. The molecule has 6 heteroatoms. The van der Waals surface area contributed by atoms with Gasteiger partial charge in [-0.2, -0.15) is 0 Å². The summed E-state index contributed by atoms with van der Waals surface area (Å²) in [4.78, 5) is 23.5. The lowest BCUT2D eigenvalue weighted by molar-refractivity contribution is -0.129. The van der Waals surface area contributed by atoms with Gasteiger partial charge in [0.1, 0.15) is 5.75 Å². The molecule has 0 saturated heterocycles. The Hall–Kier alpha value is -2.08. The number of anilines is 1. The van der Waals surface area contributed by atoms with Gasteiger partial charge in [0.2, 0.25) is 5.91 Å². The summed E-state index contributed by atoms with van der Waals surface area (Å²) in [5.74, 6) is -0.897. The van der Waals surface area contributed by atoms with Gasteiger partial charge in [0.25, 0.3) is 0 Å². The third-order valence-corrected chi connectivity index (χ3v) is 3.89. The number of carboxylic acid groups (broad SMARTS) is 1. The molecule has 1 amide bonds. The summed E-state index contributed by atoms with van der Waals surface area (Å²) >= 11 is 0. The van der Waals surface area contributed by atoms with E-state index in [9.17, 15) is 14.7 Å². The smallest absolute Gasteiger partial charge is 0.337 e. The van der Waals surface area contributed by atoms with Crippen molar-refractivity contribution < 1.29 is 19.4 Å². The van der Waals surface area contributed by atoms with E-state index in [1.54, 1.807) is 6.07 Å². The molecule has 0 heterocycles. The molecule has 0 spiro atoms. The first kappa shape index (κ1) is 14.3. The van der Waals surface area contributed by atoms with Gasteiger partial charge in [-0.25, -0.2) is 4.79 Å². The molecule has 1 fully saturated rings. The van der Waals surface area contributed by atoms with E-state index in [4.69, 9.17) is 10.5 Å². The number of aromatic carboxylic acids is 1. The van der Waals surface area contributed by atoms with E-state index >= 15 is 0 Å². The number of carboxylic acids is 1. The van der Waals surface area contributed by atoms with E-state index in [-0.39, 0.29) is 23.7 Å². The summed E-state index contributed by atoms with van der Waals surface area (Å²) in [5, 5.41) is 11.9. The Labute approximate surface area is 116 Å². The Morgan fingerprint density at radius 3 is 2.60 bits per heavy atom. The van der Waals surface area contributed by atoms with Crippen LogP contribution in [0.25, 0.3) is 0 Å². The first-order valence-electron chi connectivity index (χ1n) is 6.45. The summed E-state index contributed by atoms with van der Waals surface area (Å²) in [5.41, 5.74) is 5.39. The minimum Gasteiger partial charge on any atom is -0.497 e.